The van der Waals surface area contributed by atoms with Crippen molar-refractivity contribution in [1.82, 2.24) is 5.32 Å². The highest BCUT2D eigenvalue weighted by Crippen LogP contribution is 2.18. The van der Waals surface area contributed by atoms with Crippen molar-refractivity contribution < 1.29 is 0 Å². The molecule has 98 valence electrons. The van der Waals surface area contributed by atoms with Crippen LogP contribution in [0, 0.1) is 0 Å². The van der Waals surface area contributed by atoms with E-state index in [0.717, 1.165) is 18.0 Å². The third-order valence-electron chi connectivity index (χ3n) is 3.22. The molecule has 2 atom stereocenters. The predicted molar refractivity (Wildman–Crippen MR) is 81.3 cm³/mol. The molecular formula is C15H22N2S. The van der Waals surface area contributed by atoms with Crippen LogP contribution in [-0.4, -0.2) is 23.0 Å². The summed E-state index contributed by atoms with van der Waals surface area (Å²) in [5.74, 6) is 1.20. The fourth-order valence-electron chi connectivity index (χ4n) is 2.16. The van der Waals surface area contributed by atoms with Gasteiger partial charge in [-0.05, 0) is 31.7 Å². The number of hydrogen-bond donors (Lipinski definition) is 1. The summed E-state index contributed by atoms with van der Waals surface area (Å²) in [7, 11) is 0. The lowest BCUT2D eigenvalue weighted by Crippen LogP contribution is -2.35. The molecule has 3 heteroatoms. The summed E-state index contributed by atoms with van der Waals surface area (Å²) >= 11 is 1.86. The number of nitrogens with one attached hydrogen (secondary N) is 1. The van der Waals surface area contributed by atoms with Crippen molar-refractivity contribution in [2.45, 2.75) is 45.2 Å². The van der Waals surface area contributed by atoms with E-state index in [1.54, 1.807) is 0 Å². The molecule has 0 aliphatic carbocycles. The predicted octanol–water partition coefficient (Wildman–Crippen LogP) is 3.48. The van der Waals surface area contributed by atoms with Crippen LogP contribution in [0.2, 0.25) is 0 Å². The molecule has 0 spiro atoms. The smallest absolute Gasteiger partial charge is 0.157 e. The molecule has 1 aliphatic rings. The summed E-state index contributed by atoms with van der Waals surface area (Å²) in [6.45, 7) is 4.45. The second-order valence-corrected chi connectivity index (χ2v) is 5.95. The zero-order valence-electron chi connectivity index (χ0n) is 11.2. The van der Waals surface area contributed by atoms with E-state index in [4.69, 9.17) is 4.99 Å². The summed E-state index contributed by atoms with van der Waals surface area (Å²) in [5, 5.41) is 4.68. The number of rotatable bonds is 4. The summed E-state index contributed by atoms with van der Waals surface area (Å²) in [5.41, 5.74) is 1.38. The summed E-state index contributed by atoms with van der Waals surface area (Å²) in [6.07, 6.45) is 3.43. The van der Waals surface area contributed by atoms with E-state index in [1.165, 1.54) is 17.7 Å². The van der Waals surface area contributed by atoms with Gasteiger partial charge in [0.2, 0.25) is 0 Å². The van der Waals surface area contributed by atoms with Gasteiger partial charge in [-0.2, -0.15) is 0 Å². The minimum absolute atomic E-state index is 0.439. The SMILES string of the molecule is CCC1CCSC(NC(C)Cc2ccccc2)=N1. The average Bonchev–Trinajstić information content (AvgIpc) is 2.40. The lowest BCUT2D eigenvalue weighted by Gasteiger charge is -2.22. The summed E-state index contributed by atoms with van der Waals surface area (Å²) < 4.78 is 0. The molecule has 1 aliphatic heterocycles. The molecule has 0 radical (unpaired) electrons. The Bertz CT molecular complexity index is 389. The first-order valence-electron chi connectivity index (χ1n) is 6.79. The van der Waals surface area contributed by atoms with Gasteiger partial charge in [-0.1, -0.05) is 49.0 Å². The second-order valence-electron chi connectivity index (χ2n) is 4.87. The van der Waals surface area contributed by atoms with Gasteiger partial charge in [0.25, 0.3) is 0 Å². The van der Waals surface area contributed by atoms with Crippen LogP contribution in [0.15, 0.2) is 35.3 Å². The highest BCUT2D eigenvalue weighted by Gasteiger charge is 2.15. The average molecular weight is 262 g/mol. The Morgan fingerprint density at radius 1 is 1.39 bits per heavy atom. The number of amidine groups is 1. The highest BCUT2D eigenvalue weighted by atomic mass is 32.2. The number of nitrogens with zero attached hydrogens (tertiary/aromatic N) is 1. The Balaban J connectivity index is 1.87. The van der Waals surface area contributed by atoms with Crippen LogP contribution in [0.3, 0.4) is 0 Å². The van der Waals surface area contributed by atoms with Gasteiger partial charge in [0.05, 0.1) is 6.04 Å². The molecule has 0 fully saturated rings. The van der Waals surface area contributed by atoms with Gasteiger partial charge in [-0.3, -0.25) is 4.99 Å². The second kappa shape index (κ2) is 6.83. The van der Waals surface area contributed by atoms with Crippen LogP contribution in [0.4, 0.5) is 0 Å². The third-order valence-corrected chi connectivity index (χ3v) is 4.15. The van der Waals surface area contributed by atoms with Crippen molar-refractivity contribution in [2.75, 3.05) is 5.75 Å². The quantitative estimate of drug-likeness (QED) is 0.898. The van der Waals surface area contributed by atoms with Crippen molar-refractivity contribution in [3.63, 3.8) is 0 Å². The van der Waals surface area contributed by atoms with Crippen molar-refractivity contribution in [2.24, 2.45) is 4.99 Å². The Hall–Kier alpha value is -0.960. The fourth-order valence-corrected chi connectivity index (χ4v) is 3.25. The van der Waals surface area contributed by atoms with Crippen molar-refractivity contribution in [3.8, 4) is 0 Å². The third kappa shape index (κ3) is 4.05. The van der Waals surface area contributed by atoms with E-state index in [1.807, 2.05) is 11.8 Å². The topological polar surface area (TPSA) is 24.4 Å². The molecule has 0 amide bonds. The molecular weight excluding hydrogens is 240 g/mol. The largest absolute Gasteiger partial charge is 0.362 e. The van der Waals surface area contributed by atoms with E-state index in [2.05, 4.69) is 49.5 Å². The maximum absolute atomic E-state index is 4.75. The molecule has 18 heavy (non-hydrogen) atoms. The maximum atomic E-state index is 4.75. The number of aliphatic imine (C=N–C) groups is 1. The normalized spacial score (nSPS) is 21.2. The van der Waals surface area contributed by atoms with Gasteiger partial charge in [0, 0.05) is 11.8 Å². The maximum Gasteiger partial charge on any atom is 0.157 e. The van der Waals surface area contributed by atoms with E-state index < -0.39 is 0 Å². The van der Waals surface area contributed by atoms with Crippen molar-refractivity contribution in [1.29, 1.82) is 0 Å². The van der Waals surface area contributed by atoms with Crippen LogP contribution in [0.1, 0.15) is 32.3 Å². The minimum atomic E-state index is 0.439. The Kier molecular flexibility index (Phi) is 5.12. The van der Waals surface area contributed by atoms with Crippen molar-refractivity contribution in [3.05, 3.63) is 35.9 Å². The number of hydrogen-bond acceptors (Lipinski definition) is 3. The van der Waals surface area contributed by atoms with Crippen LogP contribution in [-0.2, 0) is 6.42 Å². The van der Waals surface area contributed by atoms with Crippen LogP contribution < -0.4 is 5.32 Å². The lowest BCUT2D eigenvalue weighted by molar-refractivity contribution is 0.614. The van der Waals surface area contributed by atoms with Gasteiger partial charge in [0.1, 0.15) is 0 Å². The summed E-state index contributed by atoms with van der Waals surface area (Å²) in [4.78, 5) is 4.75. The Morgan fingerprint density at radius 2 is 2.17 bits per heavy atom. The Labute approximate surface area is 114 Å². The molecule has 2 unspecified atom stereocenters. The van der Waals surface area contributed by atoms with Gasteiger partial charge in [-0.15, -0.1) is 0 Å². The Morgan fingerprint density at radius 3 is 2.89 bits per heavy atom. The van der Waals surface area contributed by atoms with E-state index >= 15 is 0 Å². The van der Waals surface area contributed by atoms with Gasteiger partial charge >= 0.3 is 0 Å². The molecule has 2 rings (SSSR count). The minimum Gasteiger partial charge on any atom is -0.362 e. The first-order chi connectivity index (χ1) is 8.78. The van der Waals surface area contributed by atoms with Crippen LogP contribution in [0.5, 0.6) is 0 Å². The first-order valence-corrected chi connectivity index (χ1v) is 7.77. The summed E-state index contributed by atoms with van der Waals surface area (Å²) in [6, 6.07) is 11.6. The molecule has 0 saturated carbocycles. The van der Waals surface area contributed by atoms with Gasteiger partial charge < -0.3 is 5.32 Å². The van der Waals surface area contributed by atoms with E-state index in [-0.39, 0.29) is 0 Å². The first kappa shape index (κ1) is 13.5. The van der Waals surface area contributed by atoms with Crippen LogP contribution in [0.25, 0.3) is 0 Å². The molecule has 1 N–H and O–H groups in total. The fraction of sp³-hybridized carbons (Fsp3) is 0.533. The molecule has 2 nitrogen and oxygen atoms in total. The highest BCUT2D eigenvalue weighted by molar-refractivity contribution is 8.13. The monoisotopic (exact) mass is 262 g/mol. The number of thioether (sulfide) groups is 1. The van der Waals surface area contributed by atoms with Gasteiger partial charge in [-0.25, -0.2) is 0 Å². The van der Waals surface area contributed by atoms with E-state index in [0.29, 0.717) is 12.1 Å². The molecule has 1 aromatic rings. The zero-order chi connectivity index (χ0) is 12.8. The molecule has 0 bridgehead atoms. The molecule has 1 heterocycles. The molecule has 1 aromatic carbocycles. The molecule has 0 saturated heterocycles. The number of benzene rings is 1. The molecule has 0 aromatic heterocycles. The lowest BCUT2D eigenvalue weighted by atomic mass is 10.1. The van der Waals surface area contributed by atoms with E-state index in [9.17, 15) is 0 Å². The standard InChI is InChI=1S/C15H22N2S/c1-3-14-9-10-18-15(17-14)16-12(2)11-13-7-5-4-6-8-13/h4-8,12,14H,3,9-11H2,1-2H3,(H,16,17). The van der Waals surface area contributed by atoms with Gasteiger partial charge in [0.15, 0.2) is 5.17 Å². The zero-order valence-corrected chi connectivity index (χ0v) is 12.0. The van der Waals surface area contributed by atoms with Crippen LogP contribution >= 0.6 is 11.8 Å². The van der Waals surface area contributed by atoms with Crippen molar-refractivity contribution >= 4 is 16.9 Å².